The standard InChI is InChI=1S/C45H58F2N10/c1-11-13-14-20-54(10)52-45-37(25-49-57(45)40-19-18-34(46)23-38(40)47)44(48-8)56-28-35-24-41(56)32(7)53(9)26-33(12-2)27-55(29(3)4)43-31(6)21-30(5)22-36(43)39-16-15-17-42(50-35)51-39/h15-19,21-23,25,33,35,41H,3,7-8,11-14,20,24,26-28H2,1-2,4-6,9-10H3,(H,50,51)/b44-37+,52-45+. The number of nitrogens with one attached hydrogen (secondary N) is 1. The molecular formula is C45H58F2N10. The molecule has 57 heavy (non-hydrogen) atoms. The number of hydrogen-bond acceptors (Lipinski definition) is 9. The Kier molecular flexibility index (Phi) is 12.8. The van der Waals surface area contributed by atoms with Crippen molar-refractivity contribution in [1.82, 2.24) is 19.8 Å². The van der Waals surface area contributed by atoms with Gasteiger partial charge in [-0.25, -0.2) is 23.8 Å². The Morgan fingerprint density at radius 3 is 2.54 bits per heavy atom. The van der Waals surface area contributed by atoms with Crippen LogP contribution in [0.25, 0.3) is 11.3 Å². The van der Waals surface area contributed by atoms with Crippen LogP contribution in [0.3, 0.4) is 0 Å². The molecule has 3 aromatic rings. The van der Waals surface area contributed by atoms with Crippen LogP contribution in [0.5, 0.6) is 0 Å². The average molecular weight is 777 g/mol. The summed E-state index contributed by atoms with van der Waals surface area (Å²) in [6, 6.07) is 13.8. The van der Waals surface area contributed by atoms with Crippen molar-refractivity contribution in [2.75, 3.05) is 55.5 Å². The highest BCUT2D eigenvalue weighted by Gasteiger charge is 2.40. The van der Waals surface area contributed by atoms with Gasteiger partial charge in [-0.1, -0.05) is 57.5 Å². The van der Waals surface area contributed by atoms with Crippen LogP contribution < -0.4 is 15.2 Å². The molecule has 3 aliphatic rings. The number of benzene rings is 2. The molecule has 3 unspecified atom stereocenters. The van der Waals surface area contributed by atoms with Crippen molar-refractivity contribution in [1.29, 1.82) is 0 Å². The Hall–Kier alpha value is -5.52. The van der Waals surface area contributed by atoms with Crippen LogP contribution in [-0.4, -0.2) is 90.9 Å². The molecule has 1 N–H and O–H groups in total. The van der Waals surface area contributed by atoms with Crippen molar-refractivity contribution in [3.05, 3.63) is 107 Å². The van der Waals surface area contributed by atoms with Gasteiger partial charge < -0.3 is 20.0 Å². The molecule has 1 fully saturated rings. The molecule has 4 heterocycles. The number of allylic oxidation sites excluding steroid dienone is 1. The minimum absolute atomic E-state index is 0.0425. The lowest BCUT2D eigenvalue weighted by Crippen LogP contribution is -2.40. The number of rotatable bonds is 10. The zero-order valence-corrected chi connectivity index (χ0v) is 34.7. The fraction of sp³-hybridized carbons (Fsp3) is 0.422. The molecule has 2 aromatic carbocycles. The van der Waals surface area contributed by atoms with Crippen LogP contribution in [0.1, 0.15) is 64.0 Å². The monoisotopic (exact) mass is 776 g/mol. The zero-order valence-electron chi connectivity index (χ0n) is 34.7. The van der Waals surface area contributed by atoms with E-state index in [1.54, 1.807) is 6.21 Å². The summed E-state index contributed by atoms with van der Waals surface area (Å²) >= 11 is 0. The number of anilines is 3. The number of nitrogens with zero attached hydrogens (tertiary/aromatic N) is 9. The van der Waals surface area contributed by atoms with Crippen LogP contribution in [-0.2, 0) is 0 Å². The zero-order chi connectivity index (χ0) is 41.0. The molecule has 1 saturated heterocycles. The second kappa shape index (κ2) is 17.7. The van der Waals surface area contributed by atoms with Gasteiger partial charge in [0.1, 0.15) is 23.1 Å². The van der Waals surface area contributed by atoms with Crippen LogP contribution in [0, 0.1) is 31.4 Å². The highest BCUT2D eigenvalue weighted by molar-refractivity contribution is 6.26. The van der Waals surface area contributed by atoms with Crippen LogP contribution in [0.4, 0.5) is 26.0 Å². The Morgan fingerprint density at radius 1 is 1.05 bits per heavy atom. The van der Waals surface area contributed by atoms with Crippen LogP contribution in [0.15, 0.2) is 99.7 Å². The lowest BCUT2D eigenvalue weighted by atomic mass is 9.97. The van der Waals surface area contributed by atoms with Gasteiger partial charge in [0.15, 0.2) is 11.7 Å². The maximum Gasteiger partial charge on any atom is 0.186 e. The number of likely N-dealkylation sites (tertiary alicyclic amines) is 1. The lowest BCUT2D eigenvalue weighted by Gasteiger charge is -2.37. The molecule has 3 atom stereocenters. The van der Waals surface area contributed by atoms with Crippen LogP contribution in [0.2, 0.25) is 0 Å². The number of aliphatic imine (C=N–C) groups is 1. The topological polar surface area (TPSA) is 78.2 Å². The number of pyridine rings is 1. The second-order valence-electron chi connectivity index (χ2n) is 15.7. The molecule has 1 aromatic heterocycles. The molecule has 10 nitrogen and oxygen atoms in total. The third-order valence-corrected chi connectivity index (χ3v) is 11.2. The van der Waals surface area contributed by atoms with E-state index >= 15 is 4.39 Å². The summed E-state index contributed by atoms with van der Waals surface area (Å²) in [5, 5.41) is 16.6. The summed E-state index contributed by atoms with van der Waals surface area (Å²) in [6.45, 7) is 26.8. The molecule has 6 rings (SSSR count). The van der Waals surface area contributed by atoms with Crippen molar-refractivity contribution in [2.45, 2.75) is 78.8 Å². The number of halogens is 2. The number of aromatic nitrogens is 1. The summed E-state index contributed by atoms with van der Waals surface area (Å²) < 4.78 is 29.4. The normalized spacial score (nSPS) is 21.3. The number of hydrazone groups is 2. The van der Waals surface area contributed by atoms with E-state index in [1.807, 2.05) is 18.1 Å². The van der Waals surface area contributed by atoms with Gasteiger partial charge in [-0.2, -0.15) is 10.2 Å². The number of likely N-dealkylation sites (N-methyl/N-ethyl adjacent to an activating group) is 1. The van der Waals surface area contributed by atoms with Gasteiger partial charge in [0, 0.05) is 69.3 Å². The SMILES string of the molecule is C=N/C(=C1/C=NN(c2ccc(F)cc2F)/C1=N/N(C)CCCCC)N1CC2CC1C(=C)N(C)CC(CC)CN(C(=C)C)c1c(C)cc(C)cc1-c1cccc(n1)N2. The van der Waals surface area contributed by atoms with E-state index < -0.39 is 11.6 Å². The molecular weight excluding hydrogens is 719 g/mol. The van der Waals surface area contributed by atoms with Crippen molar-refractivity contribution in [2.24, 2.45) is 21.1 Å². The average Bonchev–Trinajstić information content (AvgIpc) is 3.77. The molecule has 12 heteroatoms. The van der Waals surface area contributed by atoms with E-state index in [-0.39, 0.29) is 23.7 Å². The van der Waals surface area contributed by atoms with E-state index in [4.69, 9.17) is 16.7 Å². The van der Waals surface area contributed by atoms with E-state index in [9.17, 15) is 4.39 Å². The molecule has 302 valence electrons. The number of unbranched alkanes of at least 4 members (excludes halogenated alkanes) is 2. The quantitative estimate of drug-likeness (QED) is 0.125. The summed E-state index contributed by atoms with van der Waals surface area (Å²) in [5.41, 5.74) is 8.03. The van der Waals surface area contributed by atoms with Gasteiger partial charge in [0.05, 0.1) is 29.2 Å². The fourth-order valence-electron chi connectivity index (χ4n) is 8.21. The third kappa shape index (κ3) is 8.90. The van der Waals surface area contributed by atoms with Gasteiger partial charge in [-0.05, 0) is 88.6 Å². The first-order valence-electron chi connectivity index (χ1n) is 20.1. The first-order chi connectivity index (χ1) is 27.3. The Morgan fingerprint density at radius 2 is 1.84 bits per heavy atom. The molecule has 0 amide bonds. The largest absolute Gasteiger partial charge is 0.376 e. The van der Waals surface area contributed by atoms with Gasteiger partial charge >= 0.3 is 0 Å². The van der Waals surface area contributed by atoms with Gasteiger partial charge in [0.25, 0.3) is 0 Å². The van der Waals surface area contributed by atoms with Crippen molar-refractivity contribution >= 4 is 36.0 Å². The first-order valence-corrected chi connectivity index (χ1v) is 20.1. The van der Waals surface area contributed by atoms with E-state index in [0.29, 0.717) is 36.7 Å². The summed E-state index contributed by atoms with van der Waals surface area (Å²) in [6.07, 6.45) is 6.37. The van der Waals surface area contributed by atoms with Crippen molar-refractivity contribution in [3.8, 4) is 11.3 Å². The molecule has 0 aliphatic carbocycles. The minimum atomic E-state index is -0.743. The summed E-state index contributed by atoms with van der Waals surface area (Å²) in [4.78, 5) is 16.7. The van der Waals surface area contributed by atoms with Crippen molar-refractivity contribution < 1.29 is 8.78 Å². The summed E-state index contributed by atoms with van der Waals surface area (Å²) in [7, 11) is 4.01. The molecule has 0 saturated carbocycles. The number of aryl methyl sites for hydroxylation is 2. The minimum Gasteiger partial charge on any atom is -0.376 e. The van der Waals surface area contributed by atoms with Crippen LogP contribution >= 0.6 is 0 Å². The first kappa shape index (κ1) is 41.1. The molecule has 3 aliphatic heterocycles. The smallest absolute Gasteiger partial charge is 0.186 e. The Bertz CT molecular complexity index is 2090. The highest BCUT2D eigenvalue weighted by atomic mass is 19.1. The predicted molar refractivity (Wildman–Crippen MR) is 233 cm³/mol. The molecule has 0 radical (unpaired) electrons. The lowest BCUT2D eigenvalue weighted by molar-refractivity contribution is 0.258. The van der Waals surface area contributed by atoms with Gasteiger partial charge in [0.2, 0.25) is 0 Å². The number of hydrogen-bond donors (Lipinski definition) is 1. The van der Waals surface area contributed by atoms with E-state index in [0.717, 1.165) is 79.0 Å². The number of amidine groups is 1. The maximum atomic E-state index is 15.4. The Balaban J connectivity index is 1.45. The van der Waals surface area contributed by atoms with E-state index in [2.05, 4.69) is 109 Å². The predicted octanol–water partition coefficient (Wildman–Crippen LogP) is 9.18. The molecule has 0 spiro atoms. The third-order valence-electron chi connectivity index (χ3n) is 11.2. The Labute approximate surface area is 337 Å². The second-order valence-corrected chi connectivity index (χ2v) is 15.7. The van der Waals surface area contributed by atoms with Crippen molar-refractivity contribution in [3.63, 3.8) is 0 Å². The van der Waals surface area contributed by atoms with Gasteiger partial charge in [-0.3, -0.25) is 5.01 Å². The number of fused-ring (bicyclic) bond motifs is 6. The summed E-state index contributed by atoms with van der Waals surface area (Å²) in [5.74, 6) is 0.566. The molecule has 4 bridgehead atoms. The van der Waals surface area contributed by atoms with Gasteiger partial charge in [-0.15, -0.1) is 0 Å². The maximum absolute atomic E-state index is 15.4. The fourth-order valence-corrected chi connectivity index (χ4v) is 8.21. The highest BCUT2D eigenvalue weighted by Crippen LogP contribution is 2.39. The van der Waals surface area contributed by atoms with E-state index in [1.165, 1.54) is 28.3 Å².